The Morgan fingerprint density at radius 1 is 1.23 bits per heavy atom. The molecule has 76 valence electrons. The van der Waals surface area contributed by atoms with Gasteiger partial charge in [0.05, 0.1) is 0 Å². The van der Waals surface area contributed by atoms with Crippen molar-refractivity contribution in [3.63, 3.8) is 0 Å². The molecule has 2 rings (SSSR count). The number of nitrogens with one attached hydrogen (secondary N) is 1. The second kappa shape index (κ2) is 3.25. The molecular weight excluding hydrogens is 160 g/mol. The average Bonchev–Trinajstić information content (AvgIpc) is 2.46. The van der Waals surface area contributed by atoms with Gasteiger partial charge in [-0.2, -0.15) is 0 Å². The molecule has 0 aromatic heterocycles. The molecule has 13 heavy (non-hydrogen) atoms. The molecule has 0 aromatic carbocycles. The molecule has 1 saturated carbocycles. The first kappa shape index (κ1) is 9.47. The third kappa shape index (κ3) is 1.75. The number of hydrogen-bond donors (Lipinski definition) is 1. The number of rotatable bonds is 2. The summed E-state index contributed by atoms with van der Waals surface area (Å²) < 4.78 is 0. The summed E-state index contributed by atoms with van der Waals surface area (Å²) in [4.78, 5) is 2.66. The van der Waals surface area contributed by atoms with E-state index < -0.39 is 0 Å². The molecule has 0 spiro atoms. The summed E-state index contributed by atoms with van der Waals surface area (Å²) in [5.41, 5.74) is 0.584. The lowest BCUT2D eigenvalue weighted by molar-refractivity contribution is -0.0112. The smallest absolute Gasteiger partial charge is 0.0249 e. The Kier molecular flexibility index (Phi) is 2.37. The van der Waals surface area contributed by atoms with Crippen molar-refractivity contribution in [3.05, 3.63) is 0 Å². The van der Waals surface area contributed by atoms with E-state index in [1.54, 1.807) is 0 Å². The van der Waals surface area contributed by atoms with Crippen LogP contribution in [0.25, 0.3) is 0 Å². The van der Waals surface area contributed by atoms with Crippen molar-refractivity contribution >= 4 is 0 Å². The molecule has 1 aliphatic heterocycles. The van der Waals surface area contributed by atoms with E-state index in [0.717, 1.165) is 12.1 Å². The minimum Gasteiger partial charge on any atom is -0.315 e. The first-order valence-electron chi connectivity index (χ1n) is 5.54. The highest BCUT2D eigenvalue weighted by Gasteiger charge is 2.41. The summed E-state index contributed by atoms with van der Waals surface area (Å²) >= 11 is 0. The lowest BCUT2D eigenvalue weighted by atomic mass is 9.82. The van der Waals surface area contributed by atoms with Gasteiger partial charge in [-0.1, -0.05) is 20.3 Å². The summed E-state index contributed by atoms with van der Waals surface area (Å²) in [7, 11) is 2.11. The van der Waals surface area contributed by atoms with Gasteiger partial charge in [-0.15, -0.1) is 0 Å². The summed E-state index contributed by atoms with van der Waals surface area (Å²) in [5.74, 6) is 0. The van der Waals surface area contributed by atoms with E-state index in [1.807, 2.05) is 0 Å². The Balaban J connectivity index is 1.88. The van der Waals surface area contributed by atoms with Crippen LogP contribution in [0.4, 0.5) is 0 Å². The molecule has 0 radical (unpaired) electrons. The molecule has 2 atom stereocenters. The Labute approximate surface area is 81.7 Å². The van der Waals surface area contributed by atoms with Gasteiger partial charge in [-0.3, -0.25) is 4.90 Å². The Morgan fingerprint density at radius 2 is 1.92 bits per heavy atom. The lowest BCUT2D eigenvalue weighted by Gasteiger charge is -2.50. The van der Waals surface area contributed by atoms with Crippen LogP contribution in [0.2, 0.25) is 0 Å². The SMILES string of the molecule is CNC1CCCC1N1CC(C)(C)C1. The number of likely N-dealkylation sites (tertiary alicyclic amines) is 1. The van der Waals surface area contributed by atoms with Gasteiger partial charge in [-0.05, 0) is 25.3 Å². The van der Waals surface area contributed by atoms with E-state index in [2.05, 4.69) is 31.1 Å². The van der Waals surface area contributed by atoms with Crippen LogP contribution in [0.15, 0.2) is 0 Å². The third-order valence-corrected chi connectivity index (χ3v) is 3.58. The predicted octanol–water partition coefficient (Wildman–Crippen LogP) is 1.47. The van der Waals surface area contributed by atoms with Crippen LogP contribution in [0.5, 0.6) is 0 Å². The molecule has 1 saturated heterocycles. The molecule has 0 bridgehead atoms. The van der Waals surface area contributed by atoms with Crippen LogP contribution in [-0.4, -0.2) is 37.1 Å². The molecule has 2 aliphatic rings. The van der Waals surface area contributed by atoms with Gasteiger partial charge in [-0.25, -0.2) is 0 Å². The molecule has 0 amide bonds. The highest BCUT2D eigenvalue weighted by atomic mass is 15.3. The minimum atomic E-state index is 0.584. The van der Waals surface area contributed by atoms with Crippen molar-refractivity contribution in [1.82, 2.24) is 10.2 Å². The lowest BCUT2D eigenvalue weighted by Crippen LogP contribution is -2.60. The Hall–Kier alpha value is -0.0800. The van der Waals surface area contributed by atoms with Crippen LogP contribution >= 0.6 is 0 Å². The van der Waals surface area contributed by atoms with Crippen molar-refractivity contribution in [2.75, 3.05) is 20.1 Å². The zero-order valence-electron chi connectivity index (χ0n) is 9.14. The van der Waals surface area contributed by atoms with E-state index in [9.17, 15) is 0 Å². The third-order valence-electron chi connectivity index (χ3n) is 3.58. The maximum atomic E-state index is 3.45. The Morgan fingerprint density at radius 3 is 2.46 bits per heavy atom. The zero-order valence-corrected chi connectivity index (χ0v) is 9.14. The van der Waals surface area contributed by atoms with E-state index >= 15 is 0 Å². The largest absolute Gasteiger partial charge is 0.315 e. The molecule has 2 nitrogen and oxygen atoms in total. The van der Waals surface area contributed by atoms with Crippen LogP contribution in [0.1, 0.15) is 33.1 Å². The summed E-state index contributed by atoms with van der Waals surface area (Å²) in [6.45, 7) is 7.34. The van der Waals surface area contributed by atoms with E-state index in [1.165, 1.54) is 32.4 Å². The maximum absolute atomic E-state index is 3.45. The molecule has 0 aromatic rings. The average molecular weight is 182 g/mol. The second-order valence-electron chi connectivity index (χ2n) is 5.46. The molecule has 1 N–H and O–H groups in total. The fraction of sp³-hybridized carbons (Fsp3) is 1.00. The zero-order chi connectivity index (χ0) is 9.47. The molecule has 1 heterocycles. The monoisotopic (exact) mass is 182 g/mol. The van der Waals surface area contributed by atoms with Crippen LogP contribution in [-0.2, 0) is 0 Å². The molecular formula is C11H22N2. The van der Waals surface area contributed by atoms with E-state index in [-0.39, 0.29) is 0 Å². The van der Waals surface area contributed by atoms with Gasteiger partial charge in [0, 0.05) is 25.2 Å². The fourth-order valence-electron chi connectivity index (χ4n) is 3.00. The topological polar surface area (TPSA) is 15.3 Å². The standard InChI is InChI=1S/C11H22N2/c1-11(2)7-13(8-11)10-6-4-5-9(10)12-3/h9-10,12H,4-8H2,1-3H3. The summed E-state index contributed by atoms with van der Waals surface area (Å²) in [6, 6.07) is 1.59. The molecule has 2 heteroatoms. The van der Waals surface area contributed by atoms with E-state index in [4.69, 9.17) is 0 Å². The van der Waals surface area contributed by atoms with Gasteiger partial charge >= 0.3 is 0 Å². The summed E-state index contributed by atoms with van der Waals surface area (Å²) in [5, 5.41) is 3.45. The van der Waals surface area contributed by atoms with Crippen molar-refractivity contribution in [1.29, 1.82) is 0 Å². The van der Waals surface area contributed by atoms with Gasteiger partial charge in [0.2, 0.25) is 0 Å². The van der Waals surface area contributed by atoms with Crippen molar-refractivity contribution in [2.24, 2.45) is 5.41 Å². The van der Waals surface area contributed by atoms with Crippen LogP contribution < -0.4 is 5.32 Å². The molecule has 2 unspecified atom stereocenters. The first-order chi connectivity index (χ1) is 6.12. The van der Waals surface area contributed by atoms with Crippen molar-refractivity contribution in [3.8, 4) is 0 Å². The summed E-state index contributed by atoms with van der Waals surface area (Å²) in [6.07, 6.45) is 4.19. The highest BCUT2D eigenvalue weighted by molar-refractivity contribution is 4.98. The normalized spacial score (nSPS) is 39.0. The van der Waals surface area contributed by atoms with E-state index in [0.29, 0.717) is 5.41 Å². The second-order valence-corrected chi connectivity index (χ2v) is 5.46. The van der Waals surface area contributed by atoms with Gasteiger partial charge in [0.25, 0.3) is 0 Å². The number of hydrogen-bond acceptors (Lipinski definition) is 2. The molecule has 2 fully saturated rings. The van der Waals surface area contributed by atoms with Crippen molar-refractivity contribution in [2.45, 2.75) is 45.2 Å². The quantitative estimate of drug-likeness (QED) is 0.695. The van der Waals surface area contributed by atoms with Gasteiger partial charge in [0.1, 0.15) is 0 Å². The predicted molar refractivity (Wildman–Crippen MR) is 55.8 cm³/mol. The minimum absolute atomic E-state index is 0.584. The fourth-order valence-corrected chi connectivity index (χ4v) is 3.00. The van der Waals surface area contributed by atoms with Gasteiger partial charge in [0.15, 0.2) is 0 Å². The van der Waals surface area contributed by atoms with Gasteiger partial charge < -0.3 is 5.32 Å². The maximum Gasteiger partial charge on any atom is 0.0249 e. The first-order valence-corrected chi connectivity index (χ1v) is 5.54. The highest BCUT2D eigenvalue weighted by Crippen LogP contribution is 2.35. The molecule has 1 aliphatic carbocycles. The number of likely N-dealkylation sites (N-methyl/N-ethyl adjacent to an activating group) is 1. The van der Waals surface area contributed by atoms with Crippen LogP contribution in [0.3, 0.4) is 0 Å². The van der Waals surface area contributed by atoms with Crippen molar-refractivity contribution < 1.29 is 0 Å². The number of nitrogens with zero attached hydrogens (tertiary/aromatic N) is 1. The Bertz CT molecular complexity index is 181. The van der Waals surface area contributed by atoms with Crippen LogP contribution in [0, 0.1) is 5.41 Å².